The number of nitrogens with zero attached hydrogens (tertiary/aromatic N) is 2. The molecule has 0 amide bonds. The largest absolute Gasteiger partial charge is 0.436 e. The fourth-order valence-electron chi connectivity index (χ4n) is 1.55. The second-order valence-corrected chi connectivity index (χ2v) is 4.15. The van der Waals surface area contributed by atoms with Gasteiger partial charge in [-0.05, 0) is 18.6 Å². The van der Waals surface area contributed by atoms with Crippen LogP contribution in [0.15, 0.2) is 24.3 Å². The first-order valence-corrected chi connectivity index (χ1v) is 5.88. The summed E-state index contributed by atoms with van der Waals surface area (Å²) in [6, 6.07) is 4.96. The Morgan fingerprint density at radius 3 is 2.52 bits per heavy atom. The van der Waals surface area contributed by atoms with Gasteiger partial charge in [0.15, 0.2) is 17.3 Å². The van der Waals surface area contributed by atoms with Gasteiger partial charge in [0, 0.05) is 13.1 Å². The molecular weight excluding hydrogens is 290 g/mol. The number of halogens is 4. The molecular formula is C13H11F4N3O. The molecule has 0 aliphatic carbocycles. The molecule has 0 fully saturated rings. The Balaban J connectivity index is 2.42. The van der Waals surface area contributed by atoms with Crippen LogP contribution in [0.4, 0.5) is 23.5 Å². The molecule has 0 saturated heterocycles. The standard InChI is InChI=1S/C13H11F4N3O/c1-7-4-3-5-8(11(7)14)21-10-6-9(13(15,16)17)19-12(18-2)20-10/h3-6H,1-2H3,(H,18,19,20). The number of anilines is 1. The van der Waals surface area contributed by atoms with Crippen LogP contribution in [-0.4, -0.2) is 17.0 Å². The lowest BCUT2D eigenvalue weighted by Gasteiger charge is -2.11. The molecule has 1 N–H and O–H groups in total. The molecule has 0 spiro atoms. The third-order valence-corrected chi connectivity index (χ3v) is 2.59. The van der Waals surface area contributed by atoms with Crippen LogP contribution in [0, 0.1) is 12.7 Å². The van der Waals surface area contributed by atoms with E-state index in [-0.39, 0.29) is 11.7 Å². The number of aromatic nitrogens is 2. The summed E-state index contributed by atoms with van der Waals surface area (Å²) in [5.41, 5.74) is -0.864. The van der Waals surface area contributed by atoms with Gasteiger partial charge in [0.1, 0.15) is 0 Å². The average molecular weight is 301 g/mol. The molecule has 8 heteroatoms. The van der Waals surface area contributed by atoms with Crippen LogP contribution in [0.1, 0.15) is 11.3 Å². The number of nitrogens with one attached hydrogen (secondary N) is 1. The lowest BCUT2D eigenvalue weighted by molar-refractivity contribution is -0.141. The van der Waals surface area contributed by atoms with E-state index in [1.54, 1.807) is 0 Å². The van der Waals surface area contributed by atoms with Gasteiger partial charge < -0.3 is 10.1 Å². The van der Waals surface area contributed by atoms with Crippen LogP contribution >= 0.6 is 0 Å². The summed E-state index contributed by atoms with van der Waals surface area (Å²) < 4.78 is 57.1. The van der Waals surface area contributed by atoms with Gasteiger partial charge in [-0.3, -0.25) is 0 Å². The highest BCUT2D eigenvalue weighted by Gasteiger charge is 2.34. The Morgan fingerprint density at radius 2 is 1.90 bits per heavy atom. The zero-order valence-corrected chi connectivity index (χ0v) is 11.1. The second-order valence-electron chi connectivity index (χ2n) is 4.15. The van der Waals surface area contributed by atoms with Crippen molar-refractivity contribution in [2.24, 2.45) is 0 Å². The van der Waals surface area contributed by atoms with E-state index in [0.29, 0.717) is 11.6 Å². The SMILES string of the molecule is CNc1nc(Oc2cccc(C)c2F)cc(C(F)(F)F)n1. The molecule has 0 aliphatic rings. The maximum atomic E-state index is 13.8. The molecule has 2 aromatic rings. The van der Waals surface area contributed by atoms with Crippen molar-refractivity contribution in [3.8, 4) is 11.6 Å². The van der Waals surface area contributed by atoms with E-state index in [1.807, 2.05) is 0 Å². The van der Waals surface area contributed by atoms with Crippen LogP contribution in [0.2, 0.25) is 0 Å². The Morgan fingerprint density at radius 1 is 1.19 bits per heavy atom. The fraction of sp³-hybridized carbons (Fsp3) is 0.231. The van der Waals surface area contributed by atoms with Crippen molar-refractivity contribution >= 4 is 5.95 Å². The average Bonchev–Trinajstić information content (AvgIpc) is 2.42. The minimum absolute atomic E-state index is 0.205. The molecule has 0 bridgehead atoms. The first kappa shape index (κ1) is 15.0. The molecule has 1 aromatic heterocycles. The number of benzene rings is 1. The summed E-state index contributed by atoms with van der Waals surface area (Å²) in [5.74, 6) is -1.53. The first-order chi connectivity index (χ1) is 9.81. The van der Waals surface area contributed by atoms with E-state index in [9.17, 15) is 17.6 Å². The molecule has 0 unspecified atom stereocenters. The van der Waals surface area contributed by atoms with E-state index in [0.717, 1.165) is 0 Å². The minimum Gasteiger partial charge on any atom is -0.436 e. The predicted octanol–water partition coefficient (Wildman–Crippen LogP) is 3.78. The number of alkyl halides is 3. The lowest BCUT2D eigenvalue weighted by atomic mass is 10.2. The highest BCUT2D eigenvalue weighted by atomic mass is 19.4. The van der Waals surface area contributed by atoms with Gasteiger partial charge in [-0.2, -0.15) is 18.2 Å². The van der Waals surface area contributed by atoms with E-state index < -0.39 is 23.6 Å². The van der Waals surface area contributed by atoms with Crippen LogP contribution in [0.5, 0.6) is 11.6 Å². The van der Waals surface area contributed by atoms with Gasteiger partial charge in [-0.25, -0.2) is 9.37 Å². The van der Waals surface area contributed by atoms with Crippen molar-refractivity contribution < 1.29 is 22.3 Å². The van der Waals surface area contributed by atoms with E-state index in [1.165, 1.54) is 32.2 Å². The first-order valence-electron chi connectivity index (χ1n) is 5.88. The molecule has 0 saturated carbocycles. The number of rotatable bonds is 3. The van der Waals surface area contributed by atoms with Gasteiger partial charge in [0.25, 0.3) is 0 Å². The van der Waals surface area contributed by atoms with Crippen molar-refractivity contribution in [1.29, 1.82) is 0 Å². The quantitative estimate of drug-likeness (QED) is 0.877. The predicted molar refractivity (Wildman–Crippen MR) is 67.8 cm³/mol. The van der Waals surface area contributed by atoms with Gasteiger partial charge in [0.05, 0.1) is 0 Å². The summed E-state index contributed by atoms with van der Waals surface area (Å²) in [7, 11) is 1.37. The Bertz CT molecular complexity index is 658. The Kier molecular flexibility index (Phi) is 3.97. The third kappa shape index (κ3) is 3.39. The van der Waals surface area contributed by atoms with Gasteiger partial charge in [0.2, 0.25) is 11.8 Å². The van der Waals surface area contributed by atoms with Crippen LogP contribution < -0.4 is 10.1 Å². The molecule has 0 atom stereocenters. The summed E-state index contributed by atoms with van der Waals surface area (Å²) in [6.45, 7) is 1.52. The van der Waals surface area contributed by atoms with Crippen LogP contribution in [0.3, 0.4) is 0 Å². The Labute approximate surface area is 117 Å². The van der Waals surface area contributed by atoms with Crippen LogP contribution in [0.25, 0.3) is 0 Å². The minimum atomic E-state index is -4.65. The summed E-state index contributed by atoms with van der Waals surface area (Å²) >= 11 is 0. The molecule has 112 valence electrons. The summed E-state index contributed by atoms with van der Waals surface area (Å²) in [6.07, 6.45) is -4.65. The highest BCUT2D eigenvalue weighted by Crippen LogP contribution is 2.32. The van der Waals surface area contributed by atoms with E-state index in [4.69, 9.17) is 4.74 Å². The molecule has 1 heterocycles. The second kappa shape index (κ2) is 5.55. The molecule has 21 heavy (non-hydrogen) atoms. The zero-order valence-electron chi connectivity index (χ0n) is 11.1. The summed E-state index contributed by atoms with van der Waals surface area (Å²) in [4.78, 5) is 7.00. The van der Waals surface area contributed by atoms with Crippen molar-refractivity contribution in [2.45, 2.75) is 13.1 Å². The molecule has 1 aromatic carbocycles. The summed E-state index contributed by atoms with van der Waals surface area (Å²) in [5, 5.41) is 2.40. The lowest BCUT2D eigenvalue weighted by Crippen LogP contribution is -2.11. The molecule has 4 nitrogen and oxygen atoms in total. The number of aryl methyl sites for hydroxylation is 1. The molecule has 0 radical (unpaired) electrons. The fourth-order valence-corrected chi connectivity index (χ4v) is 1.55. The van der Waals surface area contributed by atoms with Crippen molar-refractivity contribution in [2.75, 3.05) is 12.4 Å². The monoisotopic (exact) mass is 301 g/mol. The number of ether oxygens (including phenoxy) is 1. The van der Waals surface area contributed by atoms with E-state index in [2.05, 4.69) is 15.3 Å². The van der Waals surface area contributed by atoms with Crippen molar-refractivity contribution in [1.82, 2.24) is 9.97 Å². The maximum Gasteiger partial charge on any atom is 0.433 e. The van der Waals surface area contributed by atoms with E-state index >= 15 is 0 Å². The van der Waals surface area contributed by atoms with Gasteiger partial charge >= 0.3 is 6.18 Å². The Hall–Kier alpha value is -2.38. The van der Waals surface area contributed by atoms with Crippen LogP contribution in [-0.2, 0) is 6.18 Å². The normalized spacial score (nSPS) is 11.3. The van der Waals surface area contributed by atoms with Crippen molar-refractivity contribution in [3.63, 3.8) is 0 Å². The van der Waals surface area contributed by atoms with Gasteiger partial charge in [-0.1, -0.05) is 12.1 Å². The highest BCUT2D eigenvalue weighted by molar-refractivity contribution is 5.36. The molecule has 0 aliphatic heterocycles. The molecule has 2 rings (SSSR count). The van der Waals surface area contributed by atoms with Gasteiger partial charge in [-0.15, -0.1) is 0 Å². The topological polar surface area (TPSA) is 47.0 Å². The van der Waals surface area contributed by atoms with Crippen molar-refractivity contribution in [3.05, 3.63) is 41.3 Å². The zero-order chi connectivity index (χ0) is 15.6. The number of hydrogen-bond acceptors (Lipinski definition) is 4. The smallest absolute Gasteiger partial charge is 0.433 e. The number of hydrogen-bond donors (Lipinski definition) is 1. The maximum absolute atomic E-state index is 13.8. The third-order valence-electron chi connectivity index (χ3n) is 2.59.